The van der Waals surface area contributed by atoms with Crippen LogP contribution in [0, 0.1) is 0 Å². The number of benzene rings is 1. The molecule has 0 spiro atoms. The zero-order chi connectivity index (χ0) is 26.6. The van der Waals surface area contributed by atoms with E-state index in [4.69, 9.17) is 25.8 Å². The molecular weight excluding hydrogens is 510 g/mol. The molecule has 3 aromatic rings. The molecule has 0 saturated carbocycles. The number of aliphatic hydroxyl groups is 1. The fraction of sp³-hybridized carbons (Fsp3) is 0.407. The third kappa shape index (κ3) is 5.17. The molecule has 4 N–H and O–H groups in total. The van der Waals surface area contributed by atoms with Crippen LogP contribution in [0.15, 0.2) is 36.7 Å². The Morgan fingerprint density at radius 2 is 2.21 bits per heavy atom. The van der Waals surface area contributed by atoms with Crippen molar-refractivity contribution in [3.63, 3.8) is 0 Å². The summed E-state index contributed by atoms with van der Waals surface area (Å²) in [7, 11) is 3.60. The summed E-state index contributed by atoms with van der Waals surface area (Å²) < 4.78 is 17.5. The minimum Gasteiger partial charge on any atom is -0.493 e. The number of nitrogens with zero attached hydrogens (tertiary/aromatic N) is 2. The first-order chi connectivity index (χ1) is 18.5. The van der Waals surface area contributed by atoms with E-state index in [0.29, 0.717) is 71.9 Å². The van der Waals surface area contributed by atoms with Crippen molar-refractivity contribution in [1.82, 2.24) is 20.2 Å². The van der Waals surface area contributed by atoms with Crippen molar-refractivity contribution >= 4 is 28.9 Å². The largest absolute Gasteiger partial charge is 0.493 e. The maximum Gasteiger partial charge on any atom is 0.255 e. The Labute approximate surface area is 226 Å². The maximum absolute atomic E-state index is 13.2. The van der Waals surface area contributed by atoms with Crippen molar-refractivity contribution in [2.45, 2.75) is 18.4 Å². The van der Waals surface area contributed by atoms with Gasteiger partial charge < -0.3 is 34.9 Å². The van der Waals surface area contributed by atoms with Crippen LogP contribution in [0.1, 0.15) is 28.4 Å². The highest BCUT2D eigenvalue weighted by Crippen LogP contribution is 2.44. The van der Waals surface area contributed by atoms with Gasteiger partial charge in [-0.2, -0.15) is 0 Å². The molecule has 0 aliphatic carbocycles. The number of anilines is 2. The number of amides is 1. The highest BCUT2D eigenvalue weighted by Gasteiger charge is 2.33. The Morgan fingerprint density at radius 3 is 3.00 bits per heavy atom. The summed E-state index contributed by atoms with van der Waals surface area (Å²) in [6, 6.07) is 7.35. The minimum absolute atomic E-state index is 0.000195. The smallest absolute Gasteiger partial charge is 0.255 e. The molecule has 2 aliphatic rings. The van der Waals surface area contributed by atoms with Gasteiger partial charge in [0.25, 0.3) is 5.91 Å². The van der Waals surface area contributed by atoms with Crippen molar-refractivity contribution in [3.05, 3.63) is 52.9 Å². The third-order valence-electron chi connectivity index (χ3n) is 7.09. The fourth-order valence-electron chi connectivity index (χ4n) is 4.95. The van der Waals surface area contributed by atoms with Gasteiger partial charge in [0.15, 0.2) is 5.75 Å². The summed E-state index contributed by atoms with van der Waals surface area (Å²) in [6.45, 7) is 2.99. The number of pyridine rings is 1. The van der Waals surface area contributed by atoms with E-state index < -0.39 is 0 Å². The van der Waals surface area contributed by atoms with Crippen molar-refractivity contribution in [2.24, 2.45) is 0 Å². The Kier molecular flexibility index (Phi) is 8.04. The van der Waals surface area contributed by atoms with E-state index in [2.05, 4.69) is 32.5 Å². The standard InChI is InChI=1S/C27H32ClN5O5/c1-33-9-11-37-14-17(33)15-38-21-13-29-8-6-18(21)24-25(31-20-5-3-4-19(28)26(20)36-2)22-23(32-24)16(7-10-34)12-30-27(22)35/h3-6,8,13,16-17,31-32,34H,7,9-12,14-15H2,1-2H3,(H,30,35)/t16-,17+/m1/s1. The number of aliphatic hydroxyl groups excluding tert-OH is 1. The van der Waals surface area contributed by atoms with Gasteiger partial charge in [0.1, 0.15) is 12.4 Å². The number of aromatic amines is 1. The molecule has 11 heteroatoms. The Balaban J connectivity index is 1.59. The lowest BCUT2D eigenvalue weighted by Crippen LogP contribution is -2.46. The first-order valence-corrected chi connectivity index (χ1v) is 13.0. The molecule has 4 heterocycles. The molecule has 1 aromatic carbocycles. The van der Waals surface area contributed by atoms with Crippen LogP contribution >= 0.6 is 11.6 Å². The van der Waals surface area contributed by atoms with Crippen molar-refractivity contribution < 1.29 is 24.1 Å². The number of methoxy groups -OCH3 is 1. The monoisotopic (exact) mass is 541 g/mol. The Hall–Kier alpha value is -3.31. The normalized spacial score (nSPS) is 19.5. The molecule has 1 fully saturated rings. The number of likely N-dealkylation sites (N-methyl/N-ethyl adjacent to an activating group) is 1. The van der Waals surface area contributed by atoms with Crippen LogP contribution in [0.3, 0.4) is 0 Å². The number of carbonyl (C=O) groups is 1. The van der Waals surface area contributed by atoms with E-state index in [0.717, 1.165) is 17.8 Å². The molecular formula is C27H32ClN5O5. The second kappa shape index (κ2) is 11.6. The van der Waals surface area contributed by atoms with Gasteiger partial charge in [-0.05, 0) is 31.7 Å². The van der Waals surface area contributed by atoms with Crippen LogP contribution in [0.5, 0.6) is 11.5 Å². The number of rotatable bonds is 9. The van der Waals surface area contributed by atoms with E-state index in [1.54, 1.807) is 25.6 Å². The Bertz CT molecular complexity index is 1300. The minimum atomic E-state index is -0.210. The SMILES string of the molecule is COc1c(Cl)cccc1Nc1c(-c2ccncc2OC[C@@H]2COCCN2C)[nH]c2c1C(=O)NC[C@H]2CCO. The molecule has 2 aliphatic heterocycles. The van der Waals surface area contributed by atoms with Crippen LogP contribution in [0.2, 0.25) is 5.02 Å². The fourth-order valence-corrected chi connectivity index (χ4v) is 5.20. The molecule has 1 saturated heterocycles. The molecule has 0 radical (unpaired) electrons. The molecule has 38 heavy (non-hydrogen) atoms. The van der Waals surface area contributed by atoms with Gasteiger partial charge in [0.05, 0.1) is 60.2 Å². The van der Waals surface area contributed by atoms with E-state index in [9.17, 15) is 9.90 Å². The quantitative estimate of drug-likeness (QED) is 0.325. The number of aromatic nitrogens is 2. The number of fused-ring (bicyclic) bond motifs is 1. The number of hydrogen-bond acceptors (Lipinski definition) is 8. The lowest BCUT2D eigenvalue weighted by molar-refractivity contribution is -0.0107. The molecule has 5 rings (SSSR count). The van der Waals surface area contributed by atoms with E-state index in [-0.39, 0.29) is 24.5 Å². The summed E-state index contributed by atoms with van der Waals surface area (Å²) in [6.07, 6.45) is 3.86. The number of nitrogens with one attached hydrogen (secondary N) is 3. The van der Waals surface area contributed by atoms with Crippen molar-refractivity contribution in [2.75, 3.05) is 59.0 Å². The lowest BCUT2D eigenvalue weighted by Gasteiger charge is -2.32. The van der Waals surface area contributed by atoms with Crippen LogP contribution in [0.4, 0.5) is 11.4 Å². The third-order valence-corrected chi connectivity index (χ3v) is 7.39. The van der Waals surface area contributed by atoms with Crippen LogP contribution in [-0.4, -0.2) is 85.6 Å². The molecule has 10 nitrogen and oxygen atoms in total. The molecule has 2 atom stereocenters. The zero-order valence-corrected chi connectivity index (χ0v) is 22.2. The molecule has 0 unspecified atom stereocenters. The van der Waals surface area contributed by atoms with Crippen molar-refractivity contribution in [1.29, 1.82) is 0 Å². The number of para-hydroxylation sites is 1. The van der Waals surface area contributed by atoms with Gasteiger partial charge in [-0.3, -0.25) is 14.7 Å². The predicted molar refractivity (Wildman–Crippen MR) is 145 cm³/mol. The number of hydrogen-bond donors (Lipinski definition) is 4. The first-order valence-electron chi connectivity index (χ1n) is 12.6. The van der Waals surface area contributed by atoms with Gasteiger partial charge in [-0.1, -0.05) is 17.7 Å². The van der Waals surface area contributed by atoms with Crippen molar-refractivity contribution in [3.8, 4) is 22.8 Å². The van der Waals surface area contributed by atoms with Crippen LogP contribution < -0.4 is 20.1 Å². The molecule has 1 amide bonds. The number of ether oxygens (including phenoxy) is 3. The predicted octanol–water partition coefficient (Wildman–Crippen LogP) is 3.40. The summed E-state index contributed by atoms with van der Waals surface area (Å²) >= 11 is 6.39. The van der Waals surface area contributed by atoms with Gasteiger partial charge in [-0.25, -0.2) is 0 Å². The average molecular weight is 542 g/mol. The summed E-state index contributed by atoms with van der Waals surface area (Å²) in [5, 5.41) is 16.5. The highest BCUT2D eigenvalue weighted by atomic mass is 35.5. The topological polar surface area (TPSA) is 121 Å². The van der Waals surface area contributed by atoms with Gasteiger partial charge in [0, 0.05) is 43.1 Å². The number of halogens is 1. The van der Waals surface area contributed by atoms with Crippen LogP contribution in [-0.2, 0) is 4.74 Å². The second-order valence-electron chi connectivity index (χ2n) is 9.42. The lowest BCUT2D eigenvalue weighted by atomic mass is 9.94. The van der Waals surface area contributed by atoms with E-state index in [1.165, 1.54) is 0 Å². The average Bonchev–Trinajstić information content (AvgIpc) is 3.30. The van der Waals surface area contributed by atoms with Crippen LogP contribution in [0.25, 0.3) is 11.3 Å². The number of morpholine rings is 1. The summed E-state index contributed by atoms with van der Waals surface area (Å²) in [5.41, 5.74) is 3.82. The van der Waals surface area contributed by atoms with Gasteiger partial charge in [-0.15, -0.1) is 0 Å². The van der Waals surface area contributed by atoms with Gasteiger partial charge in [0.2, 0.25) is 0 Å². The summed E-state index contributed by atoms with van der Waals surface area (Å²) in [4.78, 5) is 23.2. The molecule has 2 aromatic heterocycles. The highest BCUT2D eigenvalue weighted by molar-refractivity contribution is 6.32. The second-order valence-corrected chi connectivity index (χ2v) is 9.83. The van der Waals surface area contributed by atoms with E-state index >= 15 is 0 Å². The molecule has 0 bridgehead atoms. The summed E-state index contributed by atoms with van der Waals surface area (Å²) in [5.74, 6) is 0.746. The number of carbonyl (C=O) groups excluding carboxylic acids is 1. The maximum atomic E-state index is 13.2. The zero-order valence-electron chi connectivity index (χ0n) is 21.4. The number of H-pyrrole nitrogens is 1. The first kappa shape index (κ1) is 26.3. The van der Waals surface area contributed by atoms with Gasteiger partial charge >= 0.3 is 0 Å². The Morgan fingerprint density at radius 1 is 1.34 bits per heavy atom. The molecule has 202 valence electrons. The van der Waals surface area contributed by atoms with E-state index in [1.807, 2.05) is 18.2 Å².